The lowest BCUT2D eigenvalue weighted by atomic mass is 9.95. The number of para-hydroxylation sites is 1. The number of fused-ring (bicyclic) bond motifs is 1. The van der Waals surface area contributed by atoms with Crippen LogP contribution in [0.1, 0.15) is 148 Å². The molecule has 31 N–H and O–H groups in total. The van der Waals surface area contributed by atoms with Crippen molar-refractivity contribution in [3.05, 3.63) is 126 Å². The summed E-state index contributed by atoms with van der Waals surface area (Å²) in [4.78, 5) is 217. The number of nitrogens with one attached hydrogen (secondary N) is 15. The third kappa shape index (κ3) is 36.9. The number of phenolic OH excluding ortho intramolecular Hbond substituents is 3. The number of aromatic amines is 1. The number of aliphatic hydroxyl groups is 3. The van der Waals surface area contributed by atoms with E-state index in [0.29, 0.717) is 65.4 Å². The van der Waals surface area contributed by atoms with Gasteiger partial charge in [-0.3, -0.25) is 71.9 Å². The Morgan fingerprint density at radius 2 is 0.697 bits per heavy atom. The molecule has 41 nitrogen and oxygen atoms in total. The molecular weight excluding hydrogens is 1730 g/mol. The lowest BCUT2D eigenvalue weighted by Gasteiger charge is -2.30. The Morgan fingerprint density at radius 3 is 1.08 bits per heavy atom. The predicted octanol–water partition coefficient (Wildman–Crippen LogP) is -2.96. The molecule has 0 aliphatic rings. The second kappa shape index (κ2) is 57.3. The number of hydrogen-bond acceptors (Lipinski definition) is 26. The highest BCUT2D eigenvalue weighted by Gasteiger charge is 2.40. The summed E-state index contributed by atoms with van der Waals surface area (Å²) < 4.78 is 0. The number of phenols is 3. The number of aromatic hydroxyl groups is 3. The van der Waals surface area contributed by atoms with Crippen molar-refractivity contribution < 1.29 is 103 Å². The molecule has 0 spiro atoms. The van der Waals surface area contributed by atoms with E-state index in [0.717, 1.165) is 0 Å². The number of nitrogens with two attached hydrogens (primary N) is 5. The van der Waals surface area contributed by atoms with Gasteiger partial charge in [-0.05, 0) is 192 Å². The van der Waals surface area contributed by atoms with E-state index >= 15 is 19.2 Å². The van der Waals surface area contributed by atoms with Gasteiger partial charge in [0.25, 0.3) is 0 Å². The molecule has 0 saturated heterocycles. The summed E-state index contributed by atoms with van der Waals surface area (Å²) >= 11 is 1.31. The van der Waals surface area contributed by atoms with E-state index in [-0.39, 0.29) is 125 Å². The minimum absolute atomic E-state index is 0.0486. The van der Waals surface area contributed by atoms with Gasteiger partial charge in [0.2, 0.25) is 88.6 Å². The smallest absolute Gasteiger partial charge is 0.245 e. The van der Waals surface area contributed by atoms with Crippen LogP contribution in [-0.4, -0.2) is 266 Å². The Bertz CT molecular complexity index is 4590. The van der Waals surface area contributed by atoms with E-state index in [2.05, 4.69) is 79.4 Å². The molecule has 4 aromatic carbocycles. The highest BCUT2D eigenvalue weighted by atomic mass is 32.2. The lowest BCUT2D eigenvalue weighted by molar-refractivity contribution is -0.137. The van der Waals surface area contributed by atoms with Crippen molar-refractivity contribution in [2.45, 2.75) is 242 Å². The summed E-state index contributed by atoms with van der Waals surface area (Å²) in [7, 11) is 0. The van der Waals surface area contributed by atoms with Gasteiger partial charge in [0.05, 0.1) is 25.9 Å². The Hall–Kier alpha value is -12.1. The number of primary amides is 1. The molecule has 0 bridgehead atoms. The van der Waals surface area contributed by atoms with Crippen LogP contribution in [-0.2, 0) is 97.6 Å². The topological polar surface area (TPSA) is 692 Å². The van der Waals surface area contributed by atoms with E-state index in [1.54, 1.807) is 90.4 Å². The monoisotopic (exact) mass is 1860 g/mol. The van der Waals surface area contributed by atoms with E-state index in [4.69, 9.17) is 28.7 Å². The summed E-state index contributed by atoms with van der Waals surface area (Å²) in [5.41, 5.74) is 31.2. The standard InChI is InChI=1S/C90H136N20O21S/c1-9-51(6)75(110-85(126)69(43-55-27-33-59(116)34-28-55)103-80(121)65(35-39-132-8)101-83(124)68(42-54-25-31-58(115)32-26-54)102-77(118)52(7)97-81(122)67(105-89(130)74(94)50(4)5)41-53-23-29-57(114)30-24-53)90(131)106-66(40-49(2)3)82(123)104-70(44-56-45-96-61-19-11-10-18-60(56)61)84(125)109-73(48-113)88(129)100-64(22-14-17-38-93)79(120)108-72(47-112)87(128)99-63(21-13-16-37-92)78(119)107-71(46-111)86(127)98-62(76(95)117)20-12-15-36-91/h10-11,18-19,23-34,45,49-52,62-75,96,111-116H,9,12-17,20-22,35-44,46-48,91-94H2,1-8H3,(H2,95,117)(H,97,122)(H,98,127)(H,99,128)(H,100,129)(H,101,124)(H,102,118)(H,103,121)(H,104,123)(H,105,130)(H,106,131)(H,107,119)(H,108,120)(H,109,125)(H,110,126)/t51-,52-,62+,63+,64+,65-,66-,67-,68-,69-,70-,71+,72+,73+,74-,75-/m0/s1. The number of rotatable bonds is 60. The second-order valence-electron chi connectivity index (χ2n) is 33.5. The van der Waals surface area contributed by atoms with Crippen molar-refractivity contribution in [1.29, 1.82) is 0 Å². The van der Waals surface area contributed by atoms with Gasteiger partial charge < -0.3 is 139 Å². The largest absolute Gasteiger partial charge is 0.508 e. The number of carbonyl (C=O) groups is 15. The van der Waals surface area contributed by atoms with Gasteiger partial charge in [-0.15, -0.1) is 0 Å². The minimum atomic E-state index is -1.87. The average molecular weight is 1870 g/mol. The first-order chi connectivity index (χ1) is 62.8. The van der Waals surface area contributed by atoms with Crippen molar-refractivity contribution in [3.8, 4) is 17.2 Å². The minimum Gasteiger partial charge on any atom is -0.508 e. The van der Waals surface area contributed by atoms with Crippen LogP contribution >= 0.6 is 11.8 Å². The molecule has 5 rings (SSSR count). The van der Waals surface area contributed by atoms with Crippen LogP contribution in [0.25, 0.3) is 10.9 Å². The molecule has 0 radical (unpaired) electrons. The van der Waals surface area contributed by atoms with Crippen molar-refractivity contribution >= 4 is 111 Å². The number of unbranched alkanes of at least 4 members (excludes halogenated alkanes) is 3. The zero-order chi connectivity index (χ0) is 97.8. The quantitative estimate of drug-likeness (QED) is 0.0173. The Kier molecular flexibility index (Phi) is 47.9. The van der Waals surface area contributed by atoms with Gasteiger partial charge in [0.1, 0.15) is 102 Å². The van der Waals surface area contributed by atoms with Crippen LogP contribution < -0.4 is 103 Å². The first-order valence-electron chi connectivity index (χ1n) is 44.4. The third-order valence-electron chi connectivity index (χ3n) is 22.1. The second-order valence-corrected chi connectivity index (χ2v) is 34.5. The van der Waals surface area contributed by atoms with Crippen molar-refractivity contribution in [1.82, 2.24) is 79.4 Å². The first kappa shape index (κ1) is 110. The first-order valence-corrected chi connectivity index (χ1v) is 45.8. The highest BCUT2D eigenvalue weighted by Crippen LogP contribution is 2.23. The molecule has 1 aromatic heterocycles. The molecule has 15 amide bonds. The Morgan fingerprint density at radius 1 is 0.371 bits per heavy atom. The van der Waals surface area contributed by atoms with E-state index in [1.807, 2.05) is 0 Å². The maximum absolute atomic E-state index is 15.2. The van der Waals surface area contributed by atoms with Gasteiger partial charge in [0.15, 0.2) is 0 Å². The maximum Gasteiger partial charge on any atom is 0.245 e. The molecule has 0 aliphatic heterocycles. The average Bonchev–Trinajstić information content (AvgIpc) is 1.73. The molecule has 5 aromatic rings. The summed E-state index contributed by atoms with van der Waals surface area (Å²) in [6.45, 7) is 9.13. The van der Waals surface area contributed by atoms with Crippen LogP contribution in [0.4, 0.5) is 0 Å². The normalized spacial score (nSPS) is 15.0. The molecule has 42 heteroatoms. The number of benzene rings is 4. The molecule has 0 saturated carbocycles. The van der Waals surface area contributed by atoms with Crippen LogP contribution in [0, 0.1) is 17.8 Å². The molecule has 1 heterocycles. The summed E-state index contributed by atoms with van der Waals surface area (Å²) in [6, 6.07) is 1.96. The molecule has 16 atom stereocenters. The van der Waals surface area contributed by atoms with E-state index in [9.17, 15) is 83.4 Å². The third-order valence-corrected chi connectivity index (χ3v) is 22.8. The number of H-pyrrole nitrogens is 1. The van der Waals surface area contributed by atoms with E-state index < -0.39 is 205 Å². The molecule has 0 aliphatic carbocycles. The number of carbonyl (C=O) groups excluding carboxylic acids is 15. The zero-order valence-corrected chi connectivity index (χ0v) is 76.9. The predicted molar refractivity (Wildman–Crippen MR) is 494 cm³/mol. The molecule has 0 fully saturated rings. The number of amides is 15. The molecule has 0 unspecified atom stereocenters. The van der Waals surface area contributed by atoms with Crippen LogP contribution in [0.5, 0.6) is 17.2 Å². The van der Waals surface area contributed by atoms with Crippen molar-refractivity contribution in [2.75, 3.05) is 51.5 Å². The fraction of sp³-hybridized carbons (Fsp3) is 0.544. The summed E-state index contributed by atoms with van der Waals surface area (Å²) in [6.07, 6.45) is 4.38. The van der Waals surface area contributed by atoms with Gasteiger partial charge in [-0.2, -0.15) is 11.8 Å². The number of aliphatic hydroxyl groups excluding tert-OH is 3. The van der Waals surface area contributed by atoms with Crippen LogP contribution in [0.2, 0.25) is 0 Å². The summed E-state index contributed by atoms with van der Waals surface area (Å²) in [5.74, 6) is -15.5. The summed E-state index contributed by atoms with van der Waals surface area (Å²) in [5, 5.41) is 99.1. The molecule has 728 valence electrons. The van der Waals surface area contributed by atoms with Gasteiger partial charge in [-0.25, -0.2) is 0 Å². The number of thioether (sulfide) groups is 1. The molecular formula is C90H136N20O21S. The van der Waals surface area contributed by atoms with Crippen molar-refractivity contribution in [3.63, 3.8) is 0 Å². The van der Waals surface area contributed by atoms with Gasteiger partial charge in [0, 0.05) is 42.8 Å². The van der Waals surface area contributed by atoms with Crippen molar-refractivity contribution in [2.24, 2.45) is 46.4 Å². The number of hydrogen-bond donors (Lipinski definition) is 26. The lowest BCUT2D eigenvalue weighted by Crippen LogP contribution is -2.62. The molecule has 132 heavy (non-hydrogen) atoms. The fourth-order valence-electron chi connectivity index (χ4n) is 14.0. The van der Waals surface area contributed by atoms with Gasteiger partial charge >= 0.3 is 0 Å². The Labute approximate surface area is 772 Å². The van der Waals surface area contributed by atoms with Crippen LogP contribution in [0.15, 0.2) is 103 Å². The SMILES string of the molecule is CC[C@H](C)[C@H](NC(=O)[C@H](Cc1ccc(O)cc1)NC(=O)[C@H](CCSC)NC(=O)[C@H](Cc1ccc(O)cc1)NC(=O)[C@H](C)NC(=O)[C@H](Cc1ccc(O)cc1)NC(=O)[C@@H](N)C(C)C)C(=O)N[C@@H](CC(C)C)C(=O)N[C@@H](Cc1c[nH]c2ccccc12)C(=O)N[C@H](CO)C(=O)N[C@H](CCCCN)C(=O)N[C@H](CO)C(=O)N[C@H](CCCCN)C(=O)N[C@H](CO)C(=O)N[C@H](CCCCN)C(N)=O. The Balaban J connectivity index is 1.41. The van der Waals surface area contributed by atoms with Crippen LogP contribution in [0.3, 0.4) is 0 Å². The highest BCUT2D eigenvalue weighted by molar-refractivity contribution is 7.98. The van der Waals surface area contributed by atoms with Gasteiger partial charge in [-0.1, -0.05) is 103 Å². The zero-order valence-electron chi connectivity index (χ0n) is 76.1. The van der Waals surface area contributed by atoms with E-state index in [1.165, 1.54) is 79.3 Å². The number of aromatic nitrogens is 1. The maximum atomic E-state index is 15.2. The fourth-order valence-corrected chi connectivity index (χ4v) is 14.4.